The van der Waals surface area contributed by atoms with Crippen molar-refractivity contribution < 1.29 is 0 Å². The minimum atomic E-state index is 0.568. The molecule has 0 spiro atoms. The number of aryl methyl sites for hydroxylation is 1. The van der Waals surface area contributed by atoms with E-state index in [2.05, 4.69) is 15.0 Å². The van der Waals surface area contributed by atoms with Gasteiger partial charge in [0.05, 0.1) is 0 Å². The Kier molecular flexibility index (Phi) is 3.68. The fourth-order valence-electron chi connectivity index (χ4n) is 0.948. The summed E-state index contributed by atoms with van der Waals surface area (Å²) in [6.45, 7) is 0.568. The zero-order valence-corrected chi connectivity index (χ0v) is 6.72. The predicted molar refractivity (Wildman–Crippen MR) is 46.6 cm³/mol. The van der Waals surface area contributed by atoms with E-state index in [0.717, 1.165) is 12.8 Å². The van der Waals surface area contributed by atoms with Crippen LogP contribution in [0.25, 0.3) is 10.4 Å². The van der Waals surface area contributed by atoms with E-state index in [1.807, 2.05) is 12.1 Å². The highest BCUT2D eigenvalue weighted by Gasteiger charge is 1.89. The monoisotopic (exact) mass is 162 g/mol. The molecule has 1 heterocycles. The lowest BCUT2D eigenvalue weighted by Crippen LogP contribution is -1.87. The second kappa shape index (κ2) is 5.16. The number of nitrogens with zero attached hydrogens (tertiary/aromatic N) is 4. The quantitative estimate of drug-likeness (QED) is 0.290. The average molecular weight is 162 g/mol. The molecular formula is C8H10N4. The number of pyridine rings is 1. The first-order valence-corrected chi connectivity index (χ1v) is 3.83. The minimum Gasteiger partial charge on any atom is -0.265 e. The fraction of sp³-hybridized carbons (Fsp3) is 0.375. The van der Waals surface area contributed by atoms with E-state index in [4.69, 9.17) is 5.53 Å². The molecule has 4 heteroatoms. The van der Waals surface area contributed by atoms with Crippen LogP contribution in [0.15, 0.2) is 29.6 Å². The van der Waals surface area contributed by atoms with Crippen molar-refractivity contribution in [3.05, 3.63) is 40.5 Å². The van der Waals surface area contributed by atoms with Gasteiger partial charge in [-0.25, -0.2) is 0 Å². The molecule has 4 nitrogen and oxygen atoms in total. The summed E-state index contributed by atoms with van der Waals surface area (Å²) in [6, 6.07) is 3.94. The molecule has 0 aliphatic rings. The molecule has 1 aromatic heterocycles. The largest absolute Gasteiger partial charge is 0.265 e. The van der Waals surface area contributed by atoms with E-state index in [0.29, 0.717) is 6.54 Å². The van der Waals surface area contributed by atoms with Crippen molar-refractivity contribution in [2.24, 2.45) is 5.11 Å². The molecule has 0 fully saturated rings. The fourth-order valence-corrected chi connectivity index (χ4v) is 0.948. The molecule has 0 aromatic carbocycles. The molecule has 12 heavy (non-hydrogen) atoms. The SMILES string of the molecule is [N-]=[N+]=NCCCc1ccncc1. The lowest BCUT2D eigenvalue weighted by molar-refractivity contribution is 0.826. The summed E-state index contributed by atoms with van der Waals surface area (Å²) < 4.78 is 0. The Hall–Kier alpha value is -1.54. The summed E-state index contributed by atoms with van der Waals surface area (Å²) in [4.78, 5) is 6.59. The van der Waals surface area contributed by atoms with E-state index in [9.17, 15) is 0 Å². The Morgan fingerprint density at radius 3 is 2.83 bits per heavy atom. The highest BCUT2D eigenvalue weighted by molar-refractivity contribution is 5.09. The number of hydrogen-bond acceptors (Lipinski definition) is 2. The molecule has 0 atom stereocenters. The molecule has 0 aliphatic carbocycles. The van der Waals surface area contributed by atoms with Crippen LogP contribution in [0.2, 0.25) is 0 Å². The van der Waals surface area contributed by atoms with E-state index < -0.39 is 0 Å². The summed E-state index contributed by atoms with van der Waals surface area (Å²) in [5.74, 6) is 0. The first-order chi connectivity index (χ1) is 5.93. The highest BCUT2D eigenvalue weighted by Crippen LogP contribution is 2.00. The molecule has 0 aliphatic heterocycles. The van der Waals surface area contributed by atoms with Gasteiger partial charge in [0.25, 0.3) is 0 Å². The van der Waals surface area contributed by atoms with Crippen LogP contribution in [-0.4, -0.2) is 11.5 Å². The summed E-state index contributed by atoms with van der Waals surface area (Å²) in [5.41, 5.74) is 9.25. The van der Waals surface area contributed by atoms with E-state index in [1.165, 1.54) is 5.56 Å². The van der Waals surface area contributed by atoms with Gasteiger partial charge < -0.3 is 0 Å². The van der Waals surface area contributed by atoms with Gasteiger partial charge in [-0.05, 0) is 36.1 Å². The van der Waals surface area contributed by atoms with Crippen molar-refractivity contribution in [1.29, 1.82) is 0 Å². The molecule has 1 aromatic rings. The molecule has 0 N–H and O–H groups in total. The third-order valence-corrected chi connectivity index (χ3v) is 1.54. The Morgan fingerprint density at radius 2 is 2.17 bits per heavy atom. The second-order valence-corrected chi connectivity index (χ2v) is 2.41. The standard InChI is InChI=1S/C8H10N4/c9-12-11-5-1-2-8-3-6-10-7-4-8/h3-4,6-7H,1-2,5H2. The minimum absolute atomic E-state index is 0.568. The van der Waals surface area contributed by atoms with Crippen molar-refractivity contribution in [3.8, 4) is 0 Å². The molecule has 0 bridgehead atoms. The molecule has 1 rings (SSSR count). The van der Waals surface area contributed by atoms with Gasteiger partial charge in [-0.2, -0.15) is 0 Å². The Balaban J connectivity index is 2.29. The highest BCUT2D eigenvalue weighted by atomic mass is 15.1. The van der Waals surface area contributed by atoms with Gasteiger partial charge in [0.15, 0.2) is 0 Å². The maximum absolute atomic E-state index is 8.01. The summed E-state index contributed by atoms with van der Waals surface area (Å²) in [7, 11) is 0. The zero-order valence-electron chi connectivity index (χ0n) is 6.72. The lowest BCUT2D eigenvalue weighted by Gasteiger charge is -1.96. The van der Waals surface area contributed by atoms with Crippen LogP contribution in [-0.2, 0) is 6.42 Å². The third kappa shape index (κ3) is 3.03. The maximum Gasteiger partial charge on any atom is 0.0270 e. The zero-order chi connectivity index (χ0) is 8.65. The van der Waals surface area contributed by atoms with Crippen LogP contribution in [0.5, 0.6) is 0 Å². The van der Waals surface area contributed by atoms with Gasteiger partial charge >= 0.3 is 0 Å². The van der Waals surface area contributed by atoms with Crippen LogP contribution in [0.3, 0.4) is 0 Å². The maximum atomic E-state index is 8.01. The van der Waals surface area contributed by atoms with Crippen molar-refractivity contribution in [2.45, 2.75) is 12.8 Å². The summed E-state index contributed by atoms with van der Waals surface area (Å²) in [6.07, 6.45) is 5.38. The van der Waals surface area contributed by atoms with Gasteiger partial charge in [-0.1, -0.05) is 5.11 Å². The molecule has 0 saturated heterocycles. The van der Waals surface area contributed by atoms with Gasteiger partial charge in [-0.15, -0.1) is 0 Å². The van der Waals surface area contributed by atoms with Crippen LogP contribution >= 0.6 is 0 Å². The molecular weight excluding hydrogens is 152 g/mol. The third-order valence-electron chi connectivity index (χ3n) is 1.54. The van der Waals surface area contributed by atoms with Crippen molar-refractivity contribution in [1.82, 2.24) is 4.98 Å². The van der Waals surface area contributed by atoms with E-state index in [1.54, 1.807) is 12.4 Å². The smallest absolute Gasteiger partial charge is 0.0270 e. The Bertz CT molecular complexity index is 264. The molecule has 0 radical (unpaired) electrons. The van der Waals surface area contributed by atoms with Gasteiger partial charge in [0, 0.05) is 23.9 Å². The number of azide groups is 1. The molecule has 62 valence electrons. The van der Waals surface area contributed by atoms with E-state index >= 15 is 0 Å². The first kappa shape index (κ1) is 8.56. The Morgan fingerprint density at radius 1 is 1.42 bits per heavy atom. The van der Waals surface area contributed by atoms with Crippen LogP contribution in [0.1, 0.15) is 12.0 Å². The van der Waals surface area contributed by atoms with Gasteiger partial charge in [0.2, 0.25) is 0 Å². The average Bonchev–Trinajstić information content (AvgIpc) is 2.14. The van der Waals surface area contributed by atoms with Gasteiger partial charge in [-0.3, -0.25) is 4.98 Å². The summed E-state index contributed by atoms with van der Waals surface area (Å²) in [5, 5.41) is 3.45. The Labute approximate surface area is 70.9 Å². The van der Waals surface area contributed by atoms with E-state index in [-0.39, 0.29) is 0 Å². The number of hydrogen-bond donors (Lipinski definition) is 0. The molecule has 0 unspecified atom stereocenters. The summed E-state index contributed by atoms with van der Waals surface area (Å²) >= 11 is 0. The van der Waals surface area contributed by atoms with Gasteiger partial charge in [0.1, 0.15) is 0 Å². The predicted octanol–water partition coefficient (Wildman–Crippen LogP) is 2.32. The van der Waals surface area contributed by atoms with Crippen molar-refractivity contribution >= 4 is 0 Å². The number of rotatable bonds is 4. The van der Waals surface area contributed by atoms with Crippen LogP contribution in [0.4, 0.5) is 0 Å². The second-order valence-electron chi connectivity index (χ2n) is 2.41. The number of aromatic nitrogens is 1. The van der Waals surface area contributed by atoms with Crippen molar-refractivity contribution in [2.75, 3.05) is 6.54 Å². The normalized spacial score (nSPS) is 9.00. The topological polar surface area (TPSA) is 61.7 Å². The van der Waals surface area contributed by atoms with Crippen molar-refractivity contribution in [3.63, 3.8) is 0 Å². The first-order valence-electron chi connectivity index (χ1n) is 3.83. The van der Waals surface area contributed by atoms with Crippen LogP contribution in [0, 0.1) is 0 Å². The lowest BCUT2D eigenvalue weighted by atomic mass is 10.1. The van der Waals surface area contributed by atoms with Crippen LogP contribution < -0.4 is 0 Å². The molecule has 0 saturated carbocycles. The molecule has 0 amide bonds.